The number of ether oxygens (including phenoxy) is 1. The van der Waals surface area contributed by atoms with Crippen LogP contribution in [0, 0.1) is 13.8 Å². The lowest BCUT2D eigenvalue weighted by molar-refractivity contribution is -0.131. The number of ketones is 1. The average molecular weight is 395 g/mol. The van der Waals surface area contributed by atoms with Gasteiger partial charge in [0.25, 0.3) is 0 Å². The van der Waals surface area contributed by atoms with Crippen molar-refractivity contribution in [3.8, 4) is 5.75 Å². The van der Waals surface area contributed by atoms with Crippen molar-refractivity contribution in [1.29, 1.82) is 0 Å². The first kappa shape index (κ1) is 20.9. The maximum Gasteiger partial charge on any atom is 0.223 e. The maximum atomic E-state index is 12.6. The number of rotatable bonds is 7. The second-order valence-corrected chi connectivity index (χ2v) is 7.51. The van der Waals surface area contributed by atoms with Crippen molar-refractivity contribution in [2.45, 2.75) is 33.6 Å². The molecule has 1 fully saturated rings. The van der Waals surface area contributed by atoms with Gasteiger partial charge in [-0.3, -0.25) is 9.59 Å². The van der Waals surface area contributed by atoms with E-state index < -0.39 is 0 Å². The normalized spacial score (nSPS) is 14.0. The third kappa shape index (κ3) is 5.17. The Labute approximate surface area is 173 Å². The van der Waals surface area contributed by atoms with Crippen LogP contribution in [0.3, 0.4) is 0 Å². The van der Waals surface area contributed by atoms with Crippen LogP contribution in [0.1, 0.15) is 41.3 Å². The van der Waals surface area contributed by atoms with E-state index >= 15 is 0 Å². The number of nitrogens with zero attached hydrogens (tertiary/aromatic N) is 2. The maximum absolute atomic E-state index is 12.6. The number of anilines is 1. The van der Waals surface area contributed by atoms with E-state index in [-0.39, 0.29) is 24.5 Å². The molecule has 1 amide bonds. The van der Waals surface area contributed by atoms with E-state index in [0.29, 0.717) is 19.7 Å². The number of piperazine rings is 1. The fourth-order valence-electron chi connectivity index (χ4n) is 3.74. The lowest BCUT2D eigenvalue weighted by Gasteiger charge is -2.36. The Kier molecular flexibility index (Phi) is 6.91. The van der Waals surface area contributed by atoms with E-state index in [9.17, 15) is 9.59 Å². The number of para-hydroxylation sites is 2. The first-order valence-electron chi connectivity index (χ1n) is 10.3. The summed E-state index contributed by atoms with van der Waals surface area (Å²) in [5.74, 6) is 0.985. The molecule has 3 rings (SSSR count). The smallest absolute Gasteiger partial charge is 0.223 e. The molecule has 2 aromatic carbocycles. The molecule has 1 aliphatic heterocycles. The molecule has 0 atom stereocenters. The molecular weight excluding hydrogens is 364 g/mol. The molecule has 0 radical (unpaired) electrons. The number of carbonyl (C=O) groups is 2. The highest BCUT2D eigenvalue weighted by Crippen LogP contribution is 2.29. The standard InChI is InChI=1S/C24H30N2O3/c1-4-29-23-8-6-5-7-21(23)25-13-15-26(16-14-25)24(28)12-11-22(27)20-17-18(2)9-10-19(20)3/h5-10,17H,4,11-16H2,1-3H3. The highest BCUT2D eigenvalue weighted by molar-refractivity contribution is 5.99. The first-order valence-corrected chi connectivity index (χ1v) is 10.3. The molecule has 0 N–H and O–H groups in total. The van der Waals surface area contributed by atoms with Gasteiger partial charge in [0.05, 0.1) is 12.3 Å². The highest BCUT2D eigenvalue weighted by atomic mass is 16.5. The first-order chi connectivity index (χ1) is 14.0. The Balaban J connectivity index is 1.53. The van der Waals surface area contributed by atoms with Crippen LogP contribution < -0.4 is 9.64 Å². The zero-order valence-electron chi connectivity index (χ0n) is 17.6. The van der Waals surface area contributed by atoms with Gasteiger partial charge in [-0.2, -0.15) is 0 Å². The van der Waals surface area contributed by atoms with Gasteiger partial charge in [-0.25, -0.2) is 0 Å². The minimum atomic E-state index is 0.0452. The molecule has 154 valence electrons. The number of hydrogen-bond acceptors (Lipinski definition) is 4. The number of hydrogen-bond donors (Lipinski definition) is 0. The van der Waals surface area contributed by atoms with Gasteiger partial charge < -0.3 is 14.5 Å². The Morgan fingerprint density at radius 1 is 0.966 bits per heavy atom. The molecule has 1 aliphatic rings. The summed E-state index contributed by atoms with van der Waals surface area (Å²) >= 11 is 0. The molecule has 5 nitrogen and oxygen atoms in total. The summed E-state index contributed by atoms with van der Waals surface area (Å²) in [5.41, 5.74) is 3.84. The third-order valence-corrected chi connectivity index (χ3v) is 5.40. The summed E-state index contributed by atoms with van der Waals surface area (Å²) in [7, 11) is 0. The number of Topliss-reactive ketones (excluding diaryl/α,β-unsaturated/α-hetero) is 1. The van der Waals surface area contributed by atoms with Gasteiger partial charge in [-0.05, 0) is 44.5 Å². The van der Waals surface area contributed by atoms with Crippen molar-refractivity contribution in [2.24, 2.45) is 0 Å². The second kappa shape index (κ2) is 9.59. The van der Waals surface area contributed by atoms with Crippen LogP contribution in [-0.4, -0.2) is 49.4 Å². The lowest BCUT2D eigenvalue weighted by Crippen LogP contribution is -2.48. The summed E-state index contributed by atoms with van der Waals surface area (Å²) in [5, 5.41) is 0. The van der Waals surface area contributed by atoms with Gasteiger partial charge in [0.15, 0.2) is 5.78 Å². The van der Waals surface area contributed by atoms with E-state index in [0.717, 1.165) is 41.2 Å². The summed E-state index contributed by atoms with van der Waals surface area (Å²) in [4.78, 5) is 29.3. The quantitative estimate of drug-likeness (QED) is 0.666. The minimum absolute atomic E-state index is 0.0452. The summed E-state index contributed by atoms with van der Waals surface area (Å²) < 4.78 is 5.73. The zero-order valence-corrected chi connectivity index (χ0v) is 17.6. The van der Waals surface area contributed by atoms with Crippen LogP contribution in [0.15, 0.2) is 42.5 Å². The van der Waals surface area contributed by atoms with E-state index in [4.69, 9.17) is 4.74 Å². The van der Waals surface area contributed by atoms with Gasteiger partial charge in [-0.15, -0.1) is 0 Å². The van der Waals surface area contributed by atoms with Gasteiger partial charge in [0.1, 0.15) is 5.75 Å². The lowest BCUT2D eigenvalue weighted by atomic mass is 9.99. The SMILES string of the molecule is CCOc1ccccc1N1CCN(C(=O)CCC(=O)c2cc(C)ccc2C)CC1. The predicted molar refractivity (Wildman–Crippen MR) is 116 cm³/mol. The topological polar surface area (TPSA) is 49.9 Å². The molecule has 0 bridgehead atoms. The molecular formula is C24H30N2O3. The Morgan fingerprint density at radius 3 is 2.41 bits per heavy atom. The monoisotopic (exact) mass is 394 g/mol. The zero-order chi connectivity index (χ0) is 20.8. The molecule has 2 aromatic rings. The molecule has 1 saturated heterocycles. The third-order valence-electron chi connectivity index (χ3n) is 5.40. The average Bonchev–Trinajstić information content (AvgIpc) is 2.74. The van der Waals surface area contributed by atoms with Crippen LogP contribution in [0.2, 0.25) is 0 Å². The van der Waals surface area contributed by atoms with Gasteiger partial charge in [-0.1, -0.05) is 29.8 Å². The molecule has 5 heteroatoms. The molecule has 0 spiro atoms. The van der Waals surface area contributed by atoms with Crippen LogP contribution in [0.4, 0.5) is 5.69 Å². The fraction of sp³-hybridized carbons (Fsp3) is 0.417. The van der Waals surface area contributed by atoms with Crippen LogP contribution in [0.5, 0.6) is 5.75 Å². The van der Waals surface area contributed by atoms with Gasteiger partial charge in [0, 0.05) is 44.6 Å². The predicted octanol–water partition coefficient (Wildman–Crippen LogP) is 4.01. The van der Waals surface area contributed by atoms with Crippen molar-refractivity contribution in [3.63, 3.8) is 0 Å². The largest absolute Gasteiger partial charge is 0.492 e. The van der Waals surface area contributed by atoms with E-state index in [1.807, 2.05) is 62.1 Å². The number of aryl methyl sites for hydroxylation is 2. The Morgan fingerprint density at radius 2 is 1.69 bits per heavy atom. The highest BCUT2D eigenvalue weighted by Gasteiger charge is 2.23. The van der Waals surface area contributed by atoms with Gasteiger partial charge >= 0.3 is 0 Å². The van der Waals surface area contributed by atoms with Crippen LogP contribution >= 0.6 is 0 Å². The Bertz CT molecular complexity index is 870. The molecule has 0 saturated carbocycles. The van der Waals surface area contributed by atoms with Crippen molar-refractivity contribution < 1.29 is 14.3 Å². The van der Waals surface area contributed by atoms with Crippen molar-refractivity contribution in [2.75, 3.05) is 37.7 Å². The molecule has 29 heavy (non-hydrogen) atoms. The van der Waals surface area contributed by atoms with E-state index in [1.165, 1.54) is 0 Å². The second-order valence-electron chi connectivity index (χ2n) is 7.51. The Hall–Kier alpha value is -2.82. The number of carbonyl (C=O) groups excluding carboxylic acids is 2. The van der Waals surface area contributed by atoms with Crippen molar-refractivity contribution >= 4 is 17.4 Å². The number of amides is 1. The van der Waals surface area contributed by atoms with Crippen LogP contribution in [0.25, 0.3) is 0 Å². The number of benzene rings is 2. The van der Waals surface area contributed by atoms with Gasteiger partial charge in [0.2, 0.25) is 5.91 Å². The summed E-state index contributed by atoms with van der Waals surface area (Å²) in [6.45, 7) is 9.38. The molecule has 0 unspecified atom stereocenters. The van der Waals surface area contributed by atoms with E-state index in [2.05, 4.69) is 11.0 Å². The minimum Gasteiger partial charge on any atom is -0.492 e. The molecule has 0 aliphatic carbocycles. The molecule has 0 aromatic heterocycles. The van der Waals surface area contributed by atoms with Crippen molar-refractivity contribution in [1.82, 2.24) is 4.90 Å². The summed E-state index contributed by atoms with van der Waals surface area (Å²) in [6.07, 6.45) is 0.526. The van der Waals surface area contributed by atoms with Crippen molar-refractivity contribution in [3.05, 3.63) is 59.2 Å². The summed E-state index contributed by atoms with van der Waals surface area (Å²) in [6, 6.07) is 13.9. The van der Waals surface area contributed by atoms with E-state index in [1.54, 1.807) is 0 Å². The fourth-order valence-corrected chi connectivity index (χ4v) is 3.74. The van der Waals surface area contributed by atoms with Crippen LogP contribution in [-0.2, 0) is 4.79 Å². The molecule has 1 heterocycles.